The fourth-order valence-corrected chi connectivity index (χ4v) is 3.62. The average molecular weight is 281 g/mol. The number of nitrogens with zero attached hydrogens (tertiary/aromatic N) is 1. The molecule has 1 aromatic rings. The van der Waals surface area contributed by atoms with Gasteiger partial charge in [0.1, 0.15) is 0 Å². The van der Waals surface area contributed by atoms with Crippen LogP contribution in [0.3, 0.4) is 0 Å². The first-order valence-corrected chi connectivity index (χ1v) is 8.20. The molecule has 0 spiro atoms. The van der Waals surface area contributed by atoms with Gasteiger partial charge in [-0.25, -0.2) is 13.6 Å². The van der Waals surface area contributed by atoms with Gasteiger partial charge in [-0.3, -0.25) is 0 Å². The van der Waals surface area contributed by atoms with Crippen molar-refractivity contribution in [3.8, 4) is 0 Å². The van der Waals surface area contributed by atoms with Gasteiger partial charge in [-0.05, 0) is 49.6 Å². The number of nitrogens with one attached hydrogen (secondary N) is 1. The minimum atomic E-state index is -3.59. The summed E-state index contributed by atoms with van der Waals surface area (Å²) in [7, 11) is -3.59. The van der Waals surface area contributed by atoms with Crippen molar-refractivity contribution in [1.82, 2.24) is 5.32 Å². The highest BCUT2D eigenvalue weighted by Crippen LogP contribution is 2.29. The lowest BCUT2D eigenvalue weighted by Gasteiger charge is -2.24. The first kappa shape index (κ1) is 12.9. The van der Waals surface area contributed by atoms with Crippen LogP contribution < -0.4 is 15.4 Å². The maximum absolute atomic E-state index is 11.2. The van der Waals surface area contributed by atoms with Gasteiger partial charge in [-0.15, -0.1) is 0 Å². The van der Waals surface area contributed by atoms with E-state index in [1.165, 1.54) is 12.8 Å². The molecule has 0 amide bonds. The van der Waals surface area contributed by atoms with Crippen molar-refractivity contribution in [2.75, 3.05) is 24.5 Å². The second-order valence-corrected chi connectivity index (χ2v) is 6.97. The highest BCUT2D eigenvalue weighted by atomic mass is 32.2. The van der Waals surface area contributed by atoms with Crippen molar-refractivity contribution in [1.29, 1.82) is 0 Å². The maximum atomic E-state index is 11.2. The minimum absolute atomic E-state index is 0.172. The van der Waals surface area contributed by atoms with Gasteiger partial charge < -0.3 is 10.2 Å². The average Bonchev–Trinajstić information content (AvgIpc) is 2.81. The van der Waals surface area contributed by atoms with Crippen molar-refractivity contribution in [2.24, 2.45) is 11.1 Å². The predicted octanol–water partition coefficient (Wildman–Crippen LogP) is 0.522. The van der Waals surface area contributed by atoms with Crippen LogP contribution in [0.25, 0.3) is 0 Å². The molecular formula is C13H19N3O2S. The fourth-order valence-electron chi connectivity index (χ4n) is 3.10. The molecule has 2 atom stereocenters. The lowest BCUT2D eigenvalue weighted by molar-refractivity contribution is 0.340. The van der Waals surface area contributed by atoms with Crippen molar-refractivity contribution < 1.29 is 8.42 Å². The number of hydrogen-bond donors (Lipinski definition) is 2. The van der Waals surface area contributed by atoms with Crippen LogP contribution in [0, 0.1) is 5.92 Å². The zero-order valence-corrected chi connectivity index (χ0v) is 11.6. The van der Waals surface area contributed by atoms with Crippen LogP contribution in [0.15, 0.2) is 29.2 Å². The topological polar surface area (TPSA) is 75.4 Å². The third kappa shape index (κ3) is 2.61. The largest absolute Gasteiger partial charge is 0.370 e. The molecule has 2 saturated heterocycles. The highest BCUT2D eigenvalue weighted by molar-refractivity contribution is 7.89. The molecule has 2 aliphatic rings. The summed E-state index contributed by atoms with van der Waals surface area (Å²) >= 11 is 0. The second-order valence-electron chi connectivity index (χ2n) is 5.41. The SMILES string of the molecule is NS(=O)(=O)c1ccc(N2C[C@@H]3CCCN[C@@H]3C2)cc1. The van der Waals surface area contributed by atoms with E-state index in [4.69, 9.17) is 5.14 Å². The quantitative estimate of drug-likeness (QED) is 0.829. The summed E-state index contributed by atoms with van der Waals surface area (Å²) in [6.07, 6.45) is 2.53. The molecule has 19 heavy (non-hydrogen) atoms. The van der Waals surface area contributed by atoms with E-state index in [0.29, 0.717) is 12.0 Å². The van der Waals surface area contributed by atoms with E-state index in [1.54, 1.807) is 12.1 Å². The molecule has 3 rings (SSSR count). The molecule has 0 bridgehead atoms. The third-order valence-corrected chi connectivity index (χ3v) is 5.06. The number of rotatable bonds is 2. The van der Waals surface area contributed by atoms with Crippen LogP contribution in [-0.4, -0.2) is 34.1 Å². The molecule has 6 heteroatoms. The molecule has 2 aliphatic heterocycles. The van der Waals surface area contributed by atoms with Crippen LogP contribution in [0.4, 0.5) is 5.69 Å². The Morgan fingerprint density at radius 1 is 1.21 bits per heavy atom. The van der Waals surface area contributed by atoms with Gasteiger partial charge in [0, 0.05) is 24.8 Å². The maximum Gasteiger partial charge on any atom is 0.238 e. The van der Waals surface area contributed by atoms with E-state index in [9.17, 15) is 8.42 Å². The van der Waals surface area contributed by atoms with E-state index in [1.807, 2.05) is 12.1 Å². The van der Waals surface area contributed by atoms with Crippen LogP contribution in [0.2, 0.25) is 0 Å². The number of benzene rings is 1. The first-order valence-electron chi connectivity index (χ1n) is 6.65. The summed E-state index contributed by atoms with van der Waals surface area (Å²) < 4.78 is 22.4. The number of fused-ring (bicyclic) bond motifs is 1. The van der Waals surface area contributed by atoms with Gasteiger partial charge in [0.2, 0.25) is 10.0 Å². The number of anilines is 1. The summed E-state index contributed by atoms with van der Waals surface area (Å²) in [6, 6.07) is 7.43. The fraction of sp³-hybridized carbons (Fsp3) is 0.538. The van der Waals surface area contributed by atoms with Gasteiger partial charge in [0.25, 0.3) is 0 Å². The van der Waals surface area contributed by atoms with Crippen molar-refractivity contribution >= 4 is 15.7 Å². The highest BCUT2D eigenvalue weighted by Gasteiger charge is 2.34. The van der Waals surface area contributed by atoms with Gasteiger partial charge in [0.15, 0.2) is 0 Å². The Labute approximate surface area is 113 Å². The second kappa shape index (κ2) is 4.77. The molecular weight excluding hydrogens is 262 g/mol. The van der Waals surface area contributed by atoms with E-state index < -0.39 is 10.0 Å². The number of piperidine rings is 1. The molecule has 2 heterocycles. The van der Waals surface area contributed by atoms with Gasteiger partial charge in [0.05, 0.1) is 4.90 Å². The Kier molecular flexibility index (Phi) is 3.24. The zero-order valence-electron chi connectivity index (χ0n) is 10.7. The van der Waals surface area contributed by atoms with Crippen molar-refractivity contribution in [2.45, 2.75) is 23.8 Å². The molecule has 3 N–H and O–H groups in total. The van der Waals surface area contributed by atoms with E-state index in [0.717, 1.165) is 25.3 Å². The van der Waals surface area contributed by atoms with E-state index in [2.05, 4.69) is 10.2 Å². The number of nitrogens with two attached hydrogens (primary N) is 1. The van der Waals surface area contributed by atoms with Crippen LogP contribution >= 0.6 is 0 Å². The van der Waals surface area contributed by atoms with Crippen LogP contribution in [-0.2, 0) is 10.0 Å². The van der Waals surface area contributed by atoms with Gasteiger partial charge >= 0.3 is 0 Å². The Hall–Kier alpha value is -1.11. The lowest BCUT2D eigenvalue weighted by atomic mass is 9.94. The molecule has 1 aromatic carbocycles. The molecule has 0 saturated carbocycles. The summed E-state index contributed by atoms with van der Waals surface area (Å²) in [5.41, 5.74) is 1.07. The van der Waals surface area contributed by atoms with E-state index in [-0.39, 0.29) is 4.90 Å². The third-order valence-electron chi connectivity index (χ3n) is 4.13. The number of hydrogen-bond acceptors (Lipinski definition) is 4. The normalized spacial score (nSPS) is 27.3. The van der Waals surface area contributed by atoms with Crippen molar-refractivity contribution in [3.63, 3.8) is 0 Å². The summed E-state index contributed by atoms with van der Waals surface area (Å²) in [5, 5.41) is 8.66. The molecule has 0 radical (unpaired) electrons. The molecule has 0 unspecified atom stereocenters. The minimum Gasteiger partial charge on any atom is -0.370 e. The first-order chi connectivity index (χ1) is 9.04. The standard InChI is InChI=1S/C13H19N3O2S/c14-19(17,18)12-5-3-11(4-6-12)16-8-10-2-1-7-15-13(10)9-16/h3-6,10,13,15H,1-2,7-9H2,(H2,14,17,18)/t10-,13+/m0/s1. The molecule has 0 aromatic heterocycles. The summed E-state index contributed by atoms with van der Waals surface area (Å²) in [4.78, 5) is 2.49. The molecule has 104 valence electrons. The lowest BCUT2D eigenvalue weighted by Crippen LogP contribution is -2.40. The van der Waals surface area contributed by atoms with Gasteiger partial charge in [-0.2, -0.15) is 0 Å². The Bertz CT molecular complexity index is 542. The number of sulfonamides is 1. The van der Waals surface area contributed by atoms with Crippen LogP contribution in [0.1, 0.15) is 12.8 Å². The monoisotopic (exact) mass is 281 g/mol. The predicted molar refractivity (Wildman–Crippen MR) is 74.5 cm³/mol. The van der Waals surface area contributed by atoms with Crippen molar-refractivity contribution in [3.05, 3.63) is 24.3 Å². The van der Waals surface area contributed by atoms with Crippen LogP contribution in [0.5, 0.6) is 0 Å². The summed E-state index contributed by atoms with van der Waals surface area (Å²) in [5.74, 6) is 0.715. The van der Waals surface area contributed by atoms with E-state index >= 15 is 0 Å². The van der Waals surface area contributed by atoms with Gasteiger partial charge in [-0.1, -0.05) is 0 Å². The molecule has 5 nitrogen and oxygen atoms in total. The Morgan fingerprint density at radius 2 is 1.95 bits per heavy atom. The summed E-state index contributed by atoms with van der Waals surface area (Å²) in [6.45, 7) is 3.16. The molecule has 0 aliphatic carbocycles. The molecule has 2 fully saturated rings. The number of primary sulfonamides is 1. The zero-order chi connectivity index (χ0) is 13.5. The Balaban J connectivity index is 1.77. The smallest absolute Gasteiger partial charge is 0.238 e. The Morgan fingerprint density at radius 3 is 2.58 bits per heavy atom.